The maximum Gasteiger partial charge on any atom is 0.251 e. The Morgan fingerprint density at radius 2 is 1.50 bits per heavy atom. The van der Waals surface area contributed by atoms with Crippen molar-refractivity contribution in [3.8, 4) is 0 Å². The summed E-state index contributed by atoms with van der Waals surface area (Å²) in [6, 6.07) is 19.1. The second-order valence-electron chi connectivity index (χ2n) is 9.13. The molecule has 0 aliphatic carbocycles. The molecular weight excluding hydrogens is 486 g/mol. The molecule has 36 heavy (non-hydrogen) atoms. The highest BCUT2D eigenvalue weighted by Gasteiger charge is 2.27. The number of sulfonamides is 1. The van der Waals surface area contributed by atoms with Gasteiger partial charge < -0.3 is 5.32 Å². The maximum atomic E-state index is 13.2. The van der Waals surface area contributed by atoms with E-state index >= 15 is 0 Å². The first-order chi connectivity index (χ1) is 17.0. The van der Waals surface area contributed by atoms with E-state index in [9.17, 15) is 26.8 Å². The van der Waals surface area contributed by atoms with E-state index in [1.165, 1.54) is 62.4 Å². The van der Waals surface area contributed by atoms with Gasteiger partial charge >= 0.3 is 0 Å². The molecule has 9 heteroatoms. The molecule has 0 unspecified atom stereocenters. The number of Topliss-reactive ketones (excluding diaryl/α,β-unsaturated/α-hetero) is 1. The van der Waals surface area contributed by atoms with Gasteiger partial charge in [0.25, 0.3) is 5.91 Å². The number of carbonyl (C=O) groups is 2. The third-order valence-electron chi connectivity index (χ3n) is 5.44. The molecule has 1 amide bonds. The van der Waals surface area contributed by atoms with Crippen molar-refractivity contribution in [1.29, 1.82) is 0 Å². The Kier molecular flexibility index (Phi) is 8.70. The zero-order chi connectivity index (χ0) is 26.3. The molecule has 0 aliphatic rings. The minimum Gasteiger partial charge on any atom is -0.342 e. The molecule has 0 radical (unpaired) electrons. The van der Waals surface area contributed by atoms with E-state index in [1.54, 1.807) is 0 Å². The monoisotopic (exact) mass is 514 g/mol. The number of nitrogens with one attached hydrogen (secondary N) is 2. The molecule has 0 heterocycles. The topological polar surface area (TPSA) is 92.3 Å². The first kappa shape index (κ1) is 27.2. The second-order valence-corrected chi connectivity index (χ2v) is 10.8. The minimum absolute atomic E-state index is 0.0503. The predicted octanol–water partition coefficient (Wildman–Crippen LogP) is 4.01. The van der Waals surface area contributed by atoms with E-state index in [-0.39, 0.29) is 29.1 Å². The van der Waals surface area contributed by atoms with Crippen molar-refractivity contribution in [3.63, 3.8) is 0 Å². The smallest absolute Gasteiger partial charge is 0.251 e. The number of halogens is 2. The van der Waals surface area contributed by atoms with Gasteiger partial charge in [-0.25, -0.2) is 21.9 Å². The highest BCUT2D eigenvalue weighted by molar-refractivity contribution is 7.89. The molecule has 0 aliphatic heterocycles. The summed E-state index contributed by atoms with van der Waals surface area (Å²) in [5.41, 5.74) is 0.373. The minimum atomic E-state index is -3.94. The van der Waals surface area contributed by atoms with E-state index in [2.05, 4.69) is 10.0 Å². The summed E-state index contributed by atoms with van der Waals surface area (Å²) in [5.74, 6) is -1.26. The fourth-order valence-corrected chi connectivity index (χ4v) is 4.89. The highest BCUT2D eigenvalue weighted by Crippen LogP contribution is 2.16. The van der Waals surface area contributed by atoms with Crippen LogP contribution in [-0.2, 0) is 27.7 Å². The fraction of sp³-hybridized carbons (Fsp3) is 0.259. The van der Waals surface area contributed by atoms with Crippen LogP contribution in [-0.4, -0.2) is 38.4 Å². The van der Waals surface area contributed by atoms with Crippen molar-refractivity contribution in [2.75, 3.05) is 6.67 Å². The van der Waals surface area contributed by atoms with Crippen LogP contribution in [0.5, 0.6) is 0 Å². The molecule has 3 rings (SSSR count). The second kappa shape index (κ2) is 11.5. The fourth-order valence-electron chi connectivity index (χ4n) is 3.50. The van der Waals surface area contributed by atoms with Crippen molar-refractivity contribution >= 4 is 21.7 Å². The van der Waals surface area contributed by atoms with Gasteiger partial charge in [0.15, 0.2) is 5.78 Å². The maximum absolute atomic E-state index is 13.2. The van der Waals surface area contributed by atoms with Gasteiger partial charge in [-0.05, 0) is 67.8 Å². The van der Waals surface area contributed by atoms with Crippen molar-refractivity contribution in [2.24, 2.45) is 0 Å². The molecule has 2 N–H and O–H groups in total. The summed E-state index contributed by atoms with van der Waals surface area (Å²) in [6.07, 6.45) is 0.201. The van der Waals surface area contributed by atoms with Crippen LogP contribution in [0.4, 0.5) is 8.78 Å². The lowest BCUT2D eigenvalue weighted by molar-refractivity contribution is -0.120. The summed E-state index contributed by atoms with van der Waals surface area (Å²) in [5, 5.41) is 2.74. The largest absolute Gasteiger partial charge is 0.342 e. The van der Waals surface area contributed by atoms with Crippen molar-refractivity contribution in [3.05, 3.63) is 101 Å². The van der Waals surface area contributed by atoms with Gasteiger partial charge in [-0.1, -0.05) is 42.5 Å². The Morgan fingerprint density at radius 1 is 0.889 bits per heavy atom. The Bertz CT molecular complexity index is 1290. The Balaban J connectivity index is 1.76. The van der Waals surface area contributed by atoms with Gasteiger partial charge in [0.1, 0.15) is 12.5 Å². The quantitative estimate of drug-likeness (QED) is 0.405. The lowest BCUT2D eigenvalue weighted by Gasteiger charge is -2.22. The first-order valence-corrected chi connectivity index (χ1v) is 12.8. The van der Waals surface area contributed by atoms with Crippen LogP contribution < -0.4 is 10.0 Å². The number of ketones is 1. The number of amides is 1. The van der Waals surface area contributed by atoms with Crippen LogP contribution >= 0.6 is 0 Å². The van der Waals surface area contributed by atoms with Crippen LogP contribution in [0.2, 0.25) is 0 Å². The summed E-state index contributed by atoms with van der Waals surface area (Å²) in [4.78, 5) is 25.9. The molecule has 0 fully saturated rings. The van der Waals surface area contributed by atoms with Crippen molar-refractivity contribution in [1.82, 2.24) is 10.0 Å². The van der Waals surface area contributed by atoms with Gasteiger partial charge in [-0.2, -0.15) is 0 Å². The summed E-state index contributed by atoms with van der Waals surface area (Å²) in [7, 11) is -3.94. The molecule has 1 atom stereocenters. The molecule has 3 aromatic carbocycles. The van der Waals surface area contributed by atoms with Gasteiger partial charge in [0.2, 0.25) is 10.0 Å². The number of alkyl halides is 1. The molecule has 0 aromatic heterocycles. The average Bonchev–Trinajstić information content (AvgIpc) is 2.84. The lowest BCUT2D eigenvalue weighted by Crippen LogP contribution is -2.45. The van der Waals surface area contributed by atoms with Gasteiger partial charge in [-0.3, -0.25) is 9.59 Å². The Hall–Kier alpha value is -3.43. The first-order valence-electron chi connectivity index (χ1n) is 11.3. The molecule has 0 saturated carbocycles. The normalized spacial score (nSPS) is 12.7. The van der Waals surface area contributed by atoms with Gasteiger partial charge in [-0.15, -0.1) is 0 Å². The zero-order valence-electron chi connectivity index (χ0n) is 20.0. The van der Waals surface area contributed by atoms with Gasteiger partial charge in [0.05, 0.1) is 16.5 Å². The van der Waals surface area contributed by atoms with E-state index in [4.69, 9.17) is 0 Å². The molecule has 3 aromatic rings. The van der Waals surface area contributed by atoms with Crippen LogP contribution in [0.3, 0.4) is 0 Å². The zero-order valence-corrected chi connectivity index (χ0v) is 20.8. The average molecular weight is 515 g/mol. The molecule has 190 valence electrons. The highest BCUT2D eigenvalue weighted by atomic mass is 32.2. The third-order valence-corrected chi connectivity index (χ3v) is 7.15. The van der Waals surface area contributed by atoms with Crippen LogP contribution in [0, 0.1) is 5.82 Å². The van der Waals surface area contributed by atoms with Crippen LogP contribution in [0.1, 0.15) is 35.3 Å². The Morgan fingerprint density at radius 3 is 2.08 bits per heavy atom. The van der Waals surface area contributed by atoms with E-state index < -0.39 is 40.0 Å². The third kappa shape index (κ3) is 7.53. The molecular formula is C27H28F2N2O4S. The molecule has 0 bridgehead atoms. The number of hydrogen-bond acceptors (Lipinski definition) is 4. The summed E-state index contributed by atoms with van der Waals surface area (Å²) in [6.45, 7) is 2.00. The van der Waals surface area contributed by atoms with Crippen molar-refractivity contribution < 1.29 is 26.8 Å². The molecule has 6 nitrogen and oxygen atoms in total. The lowest BCUT2D eigenvalue weighted by atomic mass is 9.97. The van der Waals surface area contributed by atoms with Crippen molar-refractivity contribution in [2.45, 2.75) is 43.2 Å². The van der Waals surface area contributed by atoms with E-state index in [1.807, 2.05) is 30.3 Å². The summed E-state index contributed by atoms with van der Waals surface area (Å²) < 4.78 is 53.6. The number of hydrogen-bond donors (Lipinski definition) is 2. The predicted molar refractivity (Wildman–Crippen MR) is 133 cm³/mol. The van der Waals surface area contributed by atoms with Gasteiger partial charge in [0, 0.05) is 12.0 Å². The van der Waals surface area contributed by atoms with E-state index in [0.29, 0.717) is 5.56 Å². The number of rotatable bonds is 11. The van der Waals surface area contributed by atoms with Crippen LogP contribution in [0.15, 0.2) is 83.8 Å². The summed E-state index contributed by atoms with van der Waals surface area (Å²) >= 11 is 0. The molecule has 0 spiro atoms. The number of benzene rings is 3. The molecule has 0 saturated heterocycles. The number of carbonyl (C=O) groups excluding carboxylic acids is 2. The standard InChI is InChI=1S/C27H28F2N2O4S/c1-27(2,18-28)31-36(34,35)23-14-8-20(9-15-23)17-25(32)24(16-19-6-4-3-5-7-19)30-26(33)21-10-12-22(29)13-11-21/h3-15,24,31H,16-18H2,1-2H3,(H,30,33)/t24-/m0/s1. The Labute approximate surface area is 209 Å². The SMILES string of the molecule is CC(C)(CF)NS(=O)(=O)c1ccc(CC(=O)[C@H](Cc2ccccc2)NC(=O)c2ccc(F)cc2)cc1. The van der Waals surface area contributed by atoms with E-state index in [0.717, 1.165) is 5.56 Å². The van der Waals surface area contributed by atoms with Crippen LogP contribution in [0.25, 0.3) is 0 Å².